The van der Waals surface area contributed by atoms with Crippen LogP contribution in [0.1, 0.15) is 55.3 Å². The molecule has 2 rings (SSSR count). The van der Waals surface area contributed by atoms with Gasteiger partial charge < -0.3 is 5.11 Å². The van der Waals surface area contributed by atoms with E-state index in [4.69, 9.17) is 0 Å². The summed E-state index contributed by atoms with van der Waals surface area (Å²) in [5.74, 6) is 0.654. The Bertz CT molecular complexity index is 379. The number of halogens is 3. The second kappa shape index (κ2) is 5.31. The maximum absolute atomic E-state index is 12.0. The number of rotatable bonds is 5. The summed E-state index contributed by atoms with van der Waals surface area (Å²) in [5.41, 5.74) is 1.97. The number of hydrogen-bond acceptors (Lipinski definition) is 1. The number of hydrogen-bond donors (Lipinski definition) is 1. The van der Waals surface area contributed by atoms with Crippen LogP contribution in [-0.2, 0) is 0 Å². The predicted molar refractivity (Wildman–Crippen MR) is 63.3 cm³/mol. The number of aliphatic hydroxyl groups is 1. The highest BCUT2D eigenvalue weighted by molar-refractivity contribution is 5.29. The van der Waals surface area contributed by atoms with Crippen LogP contribution < -0.4 is 0 Å². The van der Waals surface area contributed by atoms with Crippen molar-refractivity contribution in [1.29, 1.82) is 0 Å². The lowest BCUT2D eigenvalue weighted by Crippen LogP contribution is -2.08. The Labute approximate surface area is 105 Å². The Morgan fingerprint density at radius 1 is 1.17 bits per heavy atom. The number of benzene rings is 1. The minimum absolute atomic E-state index is 0.0327. The van der Waals surface area contributed by atoms with Crippen molar-refractivity contribution in [2.45, 2.75) is 50.3 Å². The number of alkyl halides is 3. The summed E-state index contributed by atoms with van der Waals surface area (Å²) >= 11 is 0. The van der Waals surface area contributed by atoms with Gasteiger partial charge in [0, 0.05) is 6.42 Å². The van der Waals surface area contributed by atoms with Crippen molar-refractivity contribution in [2.75, 3.05) is 0 Å². The minimum Gasteiger partial charge on any atom is -0.388 e. The fourth-order valence-electron chi connectivity index (χ4n) is 2.07. The van der Waals surface area contributed by atoms with Gasteiger partial charge in [-0.05, 0) is 42.7 Å². The maximum atomic E-state index is 12.0. The van der Waals surface area contributed by atoms with E-state index in [1.807, 2.05) is 24.3 Å². The van der Waals surface area contributed by atoms with E-state index in [1.54, 1.807) is 0 Å². The third kappa shape index (κ3) is 4.02. The van der Waals surface area contributed by atoms with Gasteiger partial charge in [-0.1, -0.05) is 24.3 Å². The zero-order valence-electron chi connectivity index (χ0n) is 10.1. The molecule has 100 valence electrons. The fourth-order valence-corrected chi connectivity index (χ4v) is 2.07. The van der Waals surface area contributed by atoms with Crippen molar-refractivity contribution in [3.63, 3.8) is 0 Å². The van der Waals surface area contributed by atoms with Gasteiger partial charge in [-0.15, -0.1) is 0 Å². The van der Waals surface area contributed by atoms with Gasteiger partial charge in [-0.2, -0.15) is 13.2 Å². The molecule has 1 saturated carbocycles. The van der Waals surface area contributed by atoms with Gasteiger partial charge in [-0.25, -0.2) is 0 Å². The molecular formula is C14H17F3O. The van der Waals surface area contributed by atoms with Crippen molar-refractivity contribution in [3.8, 4) is 0 Å². The Morgan fingerprint density at radius 3 is 2.28 bits per heavy atom. The van der Waals surface area contributed by atoms with Crippen LogP contribution in [0, 0.1) is 0 Å². The third-order valence-corrected chi connectivity index (χ3v) is 3.31. The van der Waals surface area contributed by atoms with Crippen LogP contribution in [0.25, 0.3) is 0 Å². The fraction of sp³-hybridized carbons (Fsp3) is 0.571. The average molecular weight is 258 g/mol. The molecule has 1 unspecified atom stereocenters. The molecule has 0 saturated heterocycles. The molecule has 0 heterocycles. The normalized spacial score (nSPS) is 17.8. The first-order valence-corrected chi connectivity index (χ1v) is 6.30. The molecule has 1 N–H and O–H groups in total. The smallest absolute Gasteiger partial charge is 0.388 e. The van der Waals surface area contributed by atoms with Crippen molar-refractivity contribution < 1.29 is 18.3 Å². The molecule has 1 aromatic rings. The van der Waals surface area contributed by atoms with E-state index in [2.05, 4.69) is 0 Å². The molecule has 0 bridgehead atoms. The first-order valence-electron chi connectivity index (χ1n) is 6.30. The van der Waals surface area contributed by atoms with Gasteiger partial charge in [0.05, 0.1) is 6.10 Å². The van der Waals surface area contributed by atoms with Gasteiger partial charge in [0.2, 0.25) is 0 Å². The van der Waals surface area contributed by atoms with E-state index in [0.717, 1.165) is 0 Å². The lowest BCUT2D eigenvalue weighted by molar-refractivity contribution is -0.136. The van der Waals surface area contributed by atoms with E-state index < -0.39 is 18.7 Å². The van der Waals surface area contributed by atoms with Crippen LogP contribution in [0.5, 0.6) is 0 Å². The van der Waals surface area contributed by atoms with Crippen LogP contribution >= 0.6 is 0 Å². The summed E-state index contributed by atoms with van der Waals surface area (Å²) in [7, 11) is 0. The van der Waals surface area contributed by atoms with Crippen LogP contribution in [0.2, 0.25) is 0 Å². The van der Waals surface area contributed by atoms with Gasteiger partial charge in [0.25, 0.3) is 0 Å². The van der Waals surface area contributed by atoms with Crippen LogP contribution in [0.4, 0.5) is 13.2 Å². The van der Waals surface area contributed by atoms with E-state index in [-0.39, 0.29) is 12.8 Å². The van der Waals surface area contributed by atoms with Crippen molar-refractivity contribution in [2.24, 2.45) is 0 Å². The minimum atomic E-state index is -4.13. The molecule has 1 aliphatic carbocycles. The zero-order valence-corrected chi connectivity index (χ0v) is 10.1. The quantitative estimate of drug-likeness (QED) is 0.833. The second-order valence-corrected chi connectivity index (χ2v) is 4.96. The lowest BCUT2D eigenvalue weighted by Gasteiger charge is -2.12. The summed E-state index contributed by atoms with van der Waals surface area (Å²) in [6.07, 6.45) is -3.20. The molecule has 4 heteroatoms. The molecule has 0 radical (unpaired) electrons. The summed E-state index contributed by atoms with van der Waals surface area (Å²) in [5, 5.41) is 9.80. The summed E-state index contributed by atoms with van der Waals surface area (Å²) in [6.45, 7) is 0. The molecule has 1 atom stereocenters. The summed E-state index contributed by atoms with van der Waals surface area (Å²) < 4.78 is 35.9. The Balaban J connectivity index is 1.82. The molecule has 0 spiro atoms. The third-order valence-electron chi connectivity index (χ3n) is 3.31. The summed E-state index contributed by atoms with van der Waals surface area (Å²) in [4.78, 5) is 0. The van der Waals surface area contributed by atoms with Gasteiger partial charge in [-0.3, -0.25) is 0 Å². The number of aliphatic hydroxyl groups excluding tert-OH is 1. The molecular weight excluding hydrogens is 241 g/mol. The molecule has 18 heavy (non-hydrogen) atoms. The SMILES string of the molecule is OC(CCCC(F)(F)F)c1ccc(C2CC2)cc1. The van der Waals surface area contributed by atoms with Crippen molar-refractivity contribution in [3.05, 3.63) is 35.4 Å². The van der Waals surface area contributed by atoms with Crippen LogP contribution in [0.3, 0.4) is 0 Å². The largest absolute Gasteiger partial charge is 0.389 e. The standard InChI is InChI=1S/C14H17F3O/c15-14(16,17)9-1-2-13(18)12-7-5-11(6-8-12)10-3-4-10/h5-8,10,13,18H,1-4,9H2. The molecule has 1 fully saturated rings. The average Bonchev–Trinajstić information content (AvgIpc) is 3.11. The van der Waals surface area contributed by atoms with E-state index >= 15 is 0 Å². The molecule has 1 nitrogen and oxygen atoms in total. The highest BCUT2D eigenvalue weighted by Crippen LogP contribution is 2.40. The molecule has 0 amide bonds. The maximum Gasteiger partial charge on any atom is 0.389 e. The van der Waals surface area contributed by atoms with Crippen LogP contribution in [0.15, 0.2) is 24.3 Å². The predicted octanol–water partition coefficient (Wildman–Crippen LogP) is 4.33. The highest BCUT2D eigenvalue weighted by atomic mass is 19.4. The Kier molecular flexibility index (Phi) is 3.95. The van der Waals surface area contributed by atoms with E-state index in [1.165, 1.54) is 18.4 Å². The Hall–Kier alpha value is -1.03. The van der Waals surface area contributed by atoms with Crippen LogP contribution in [-0.4, -0.2) is 11.3 Å². The van der Waals surface area contributed by atoms with Gasteiger partial charge in [0.1, 0.15) is 0 Å². The van der Waals surface area contributed by atoms with Crippen molar-refractivity contribution in [1.82, 2.24) is 0 Å². The van der Waals surface area contributed by atoms with Gasteiger partial charge >= 0.3 is 6.18 Å². The molecule has 1 aromatic carbocycles. The first kappa shape index (κ1) is 13.4. The highest BCUT2D eigenvalue weighted by Gasteiger charge is 2.27. The zero-order chi connectivity index (χ0) is 13.2. The van der Waals surface area contributed by atoms with E-state index in [9.17, 15) is 18.3 Å². The first-order chi connectivity index (χ1) is 8.46. The monoisotopic (exact) mass is 258 g/mol. The van der Waals surface area contributed by atoms with Gasteiger partial charge in [0.15, 0.2) is 0 Å². The summed E-state index contributed by atoms with van der Waals surface area (Å²) in [6, 6.07) is 7.60. The lowest BCUT2D eigenvalue weighted by atomic mass is 10.0. The van der Waals surface area contributed by atoms with Crippen molar-refractivity contribution >= 4 is 0 Å². The Morgan fingerprint density at radius 2 is 1.78 bits per heavy atom. The topological polar surface area (TPSA) is 20.2 Å². The molecule has 1 aliphatic rings. The van der Waals surface area contributed by atoms with E-state index in [0.29, 0.717) is 11.5 Å². The molecule has 0 aliphatic heterocycles. The molecule has 0 aromatic heterocycles. The second-order valence-electron chi connectivity index (χ2n) is 4.96.